The maximum atomic E-state index is 12.6. The van der Waals surface area contributed by atoms with Crippen LogP contribution in [-0.4, -0.2) is 29.8 Å². The molecule has 2 heterocycles. The fraction of sp³-hybridized carbons (Fsp3) is 0.133. The number of nitrogens with one attached hydrogen (secondary N) is 1. The second kappa shape index (κ2) is 7.13. The average molecular weight is 377 g/mol. The molecule has 0 aliphatic carbocycles. The number of hydrogen-bond donors (Lipinski definition) is 3. The summed E-state index contributed by atoms with van der Waals surface area (Å²) in [6, 6.07) is 4.62. The van der Waals surface area contributed by atoms with Gasteiger partial charge in [0.15, 0.2) is 5.13 Å². The lowest BCUT2D eigenvalue weighted by atomic mass is 10.1. The third-order valence-electron chi connectivity index (χ3n) is 3.36. The Bertz CT molecular complexity index is 950. The van der Waals surface area contributed by atoms with E-state index in [-0.39, 0.29) is 17.9 Å². The first-order valence-corrected chi connectivity index (χ1v) is 9.17. The van der Waals surface area contributed by atoms with Crippen LogP contribution in [0.25, 0.3) is 0 Å². The Morgan fingerprint density at radius 2 is 2.28 bits per heavy atom. The SMILES string of the molecule is Cn1ccnc1S(=O)c1ccc(N)c(C(=O)Nc2nc(CO)cs2)c1. The van der Waals surface area contributed by atoms with Crippen molar-refractivity contribution in [1.29, 1.82) is 0 Å². The quantitative estimate of drug-likeness (QED) is 0.577. The summed E-state index contributed by atoms with van der Waals surface area (Å²) in [6.45, 7) is -0.202. The molecular weight excluding hydrogens is 362 g/mol. The summed E-state index contributed by atoms with van der Waals surface area (Å²) in [5.74, 6) is -0.463. The predicted molar refractivity (Wildman–Crippen MR) is 94.7 cm³/mol. The van der Waals surface area contributed by atoms with Crippen LogP contribution in [0, 0.1) is 0 Å². The van der Waals surface area contributed by atoms with Crippen LogP contribution in [0.2, 0.25) is 0 Å². The van der Waals surface area contributed by atoms with E-state index in [2.05, 4.69) is 15.3 Å². The molecule has 0 aliphatic rings. The molecule has 0 spiro atoms. The zero-order valence-corrected chi connectivity index (χ0v) is 14.8. The molecule has 1 aromatic carbocycles. The number of carbonyl (C=O) groups is 1. The predicted octanol–water partition coefficient (Wildman–Crippen LogP) is 1.37. The standard InChI is InChI=1S/C15H15N5O3S2/c1-20-5-4-17-15(20)25(23)10-2-3-12(16)11(6-10)13(22)19-14-18-9(7-21)8-24-14/h2-6,8,21H,7,16H2,1H3,(H,18,19,22). The summed E-state index contributed by atoms with van der Waals surface area (Å²) in [4.78, 5) is 21.0. The van der Waals surface area contributed by atoms with Crippen LogP contribution >= 0.6 is 11.3 Å². The second-order valence-electron chi connectivity index (χ2n) is 5.09. The molecule has 1 atom stereocenters. The Morgan fingerprint density at radius 1 is 1.48 bits per heavy atom. The highest BCUT2D eigenvalue weighted by molar-refractivity contribution is 7.85. The highest BCUT2D eigenvalue weighted by Gasteiger charge is 2.17. The number of benzene rings is 1. The molecule has 0 fully saturated rings. The number of aliphatic hydroxyl groups is 1. The van der Waals surface area contributed by atoms with E-state index in [4.69, 9.17) is 10.8 Å². The van der Waals surface area contributed by atoms with Gasteiger partial charge in [-0.05, 0) is 18.2 Å². The summed E-state index contributed by atoms with van der Waals surface area (Å²) in [5.41, 5.74) is 6.81. The minimum Gasteiger partial charge on any atom is -0.398 e. The molecule has 3 aromatic rings. The molecule has 25 heavy (non-hydrogen) atoms. The van der Waals surface area contributed by atoms with Gasteiger partial charge in [-0.25, -0.2) is 14.2 Å². The number of amides is 1. The minimum absolute atomic E-state index is 0.195. The first kappa shape index (κ1) is 17.3. The molecule has 0 aliphatic heterocycles. The minimum atomic E-state index is -1.54. The number of anilines is 2. The lowest BCUT2D eigenvalue weighted by Crippen LogP contribution is -2.15. The van der Waals surface area contributed by atoms with Gasteiger partial charge in [-0.1, -0.05) is 0 Å². The van der Waals surface area contributed by atoms with E-state index < -0.39 is 16.7 Å². The molecule has 130 valence electrons. The van der Waals surface area contributed by atoms with Crippen LogP contribution in [0.5, 0.6) is 0 Å². The van der Waals surface area contributed by atoms with E-state index in [9.17, 15) is 9.00 Å². The van der Waals surface area contributed by atoms with E-state index in [0.29, 0.717) is 20.9 Å². The van der Waals surface area contributed by atoms with Crippen molar-refractivity contribution in [1.82, 2.24) is 14.5 Å². The van der Waals surface area contributed by atoms with Gasteiger partial charge in [0.25, 0.3) is 5.91 Å². The topological polar surface area (TPSA) is 123 Å². The number of aromatic nitrogens is 3. The maximum absolute atomic E-state index is 12.6. The molecule has 0 saturated heterocycles. The van der Waals surface area contributed by atoms with Crippen molar-refractivity contribution in [3.8, 4) is 0 Å². The largest absolute Gasteiger partial charge is 0.398 e. The molecule has 0 radical (unpaired) electrons. The van der Waals surface area contributed by atoms with E-state index in [1.807, 2.05) is 0 Å². The molecule has 10 heteroatoms. The molecule has 1 unspecified atom stereocenters. The van der Waals surface area contributed by atoms with E-state index >= 15 is 0 Å². The summed E-state index contributed by atoms with van der Waals surface area (Å²) in [7, 11) is 0.207. The average Bonchev–Trinajstić information content (AvgIpc) is 3.23. The first-order valence-electron chi connectivity index (χ1n) is 7.15. The van der Waals surface area contributed by atoms with Crippen molar-refractivity contribution < 1.29 is 14.1 Å². The summed E-state index contributed by atoms with van der Waals surface area (Å²) in [5, 5.41) is 14.0. The Morgan fingerprint density at radius 3 is 2.92 bits per heavy atom. The van der Waals surface area contributed by atoms with Crippen molar-refractivity contribution in [3.05, 3.63) is 47.2 Å². The van der Waals surface area contributed by atoms with E-state index in [1.54, 1.807) is 35.5 Å². The molecule has 0 saturated carbocycles. The molecule has 0 bridgehead atoms. The summed E-state index contributed by atoms with van der Waals surface area (Å²) >= 11 is 1.20. The van der Waals surface area contributed by atoms with Gasteiger partial charge < -0.3 is 15.4 Å². The molecular formula is C15H15N5O3S2. The van der Waals surface area contributed by atoms with Gasteiger partial charge in [0.1, 0.15) is 10.8 Å². The highest BCUT2D eigenvalue weighted by atomic mass is 32.2. The second-order valence-corrected chi connectivity index (χ2v) is 7.33. The molecule has 1 amide bonds. The zero-order chi connectivity index (χ0) is 18.0. The number of nitrogens with two attached hydrogens (primary N) is 1. The number of carbonyl (C=O) groups excluding carboxylic acids is 1. The monoisotopic (exact) mass is 377 g/mol. The van der Waals surface area contributed by atoms with E-state index in [1.165, 1.54) is 23.5 Å². The lowest BCUT2D eigenvalue weighted by molar-refractivity contribution is 0.102. The molecule has 2 aromatic heterocycles. The first-order chi connectivity index (χ1) is 12.0. The number of hydrogen-bond acceptors (Lipinski definition) is 7. The third-order valence-corrected chi connectivity index (χ3v) is 5.57. The Hall–Kier alpha value is -2.56. The number of imidazole rings is 1. The van der Waals surface area contributed by atoms with Gasteiger partial charge in [0.05, 0.1) is 17.9 Å². The Balaban J connectivity index is 1.87. The number of aliphatic hydroxyl groups excluding tert-OH is 1. The highest BCUT2D eigenvalue weighted by Crippen LogP contribution is 2.22. The number of thiazole rings is 1. The van der Waals surface area contributed by atoms with Gasteiger partial charge in [-0.2, -0.15) is 0 Å². The van der Waals surface area contributed by atoms with Crippen molar-refractivity contribution in [3.63, 3.8) is 0 Å². The number of nitrogens with zero attached hydrogens (tertiary/aromatic N) is 3. The fourth-order valence-electron chi connectivity index (χ4n) is 2.08. The Kier molecular flexibility index (Phi) is 4.93. The van der Waals surface area contributed by atoms with Crippen LogP contribution in [0.3, 0.4) is 0 Å². The van der Waals surface area contributed by atoms with Gasteiger partial charge in [-0.15, -0.1) is 11.3 Å². The lowest BCUT2D eigenvalue weighted by Gasteiger charge is -2.08. The van der Waals surface area contributed by atoms with Crippen molar-refractivity contribution in [2.24, 2.45) is 7.05 Å². The maximum Gasteiger partial charge on any atom is 0.259 e. The summed E-state index contributed by atoms with van der Waals surface area (Å²) in [6.07, 6.45) is 3.25. The number of nitrogen functional groups attached to an aromatic ring is 1. The Labute approximate surface area is 149 Å². The molecule has 3 rings (SSSR count). The number of aryl methyl sites for hydroxylation is 1. The molecule has 4 N–H and O–H groups in total. The fourth-order valence-corrected chi connectivity index (χ4v) is 3.89. The van der Waals surface area contributed by atoms with Crippen LogP contribution in [-0.2, 0) is 24.5 Å². The van der Waals surface area contributed by atoms with Gasteiger partial charge in [-0.3, -0.25) is 10.1 Å². The van der Waals surface area contributed by atoms with Crippen LogP contribution in [0.15, 0.2) is 46.0 Å². The van der Waals surface area contributed by atoms with Crippen LogP contribution in [0.4, 0.5) is 10.8 Å². The number of rotatable bonds is 5. The van der Waals surface area contributed by atoms with Crippen molar-refractivity contribution in [2.45, 2.75) is 16.7 Å². The normalized spacial score (nSPS) is 12.1. The third kappa shape index (κ3) is 3.60. The van der Waals surface area contributed by atoms with Crippen molar-refractivity contribution in [2.75, 3.05) is 11.1 Å². The molecule has 8 nitrogen and oxygen atoms in total. The van der Waals surface area contributed by atoms with Crippen molar-refractivity contribution >= 4 is 38.9 Å². The van der Waals surface area contributed by atoms with Gasteiger partial charge >= 0.3 is 0 Å². The van der Waals surface area contributed by atoms with Gasteiger partial charge in [0.2, 0.25) is 5.16 Å². The van der Waals surface area contributed by atoms with E-state index in [0.717, 1.165) is 0 Å². The zero-order valence-electron chi connectivity index (χ0n) is 13.2. The van der Waals surface area contributed by atoms with Crippen LogP contribution in [0.1, 0.15) is 16.1 Å². The van der Waals surface area contributed by atoms with Crippen LogP contribution < -0.4 is 11.1 Å². The smallest absolute Gasteiger partial charge is 0.259 e. The van der Waals surface area contributed by atoms with Gasteiger partial charge in [0, 0.05) is 35.4 Å². The summed E-state index contributed by atoms with van der Waals surface area (Å²) < 4.78 is 14.3.